The number of hydrogen-bond donors (Lipinski definition) is 0. The Kier molecular flexibility index (Phi) is 4.66. The molecule has 0 N–H and O–H groups in total. The number of ether oxygens (including phenoxy) is 1. The first-order valence-corrected chi connectivity index (χ1v) is 8.93. The fourth-order valence-electron chi connectivity index (χ4n) is 2.79. The van der Waals surface area contributed by atoms with Gasteiger partial charge in [0.1, 0.15) is 6.10 Å². The van der Waals surface area contributed by atoms with Gasteiger partial charge in [0.2, 0.25) is 5.88 Å². The second kappa shape index (κ2) is 7.25. The summed E-state index contributed by atoms with van der Waals surface area (Å²) in [6, 6.07) is 8.97. The predicted molar refractivity (Wildman–Crippen MR) is 96.6 cm³/mol. The molecule has 26 heavy (non-hydrogen) atoms. The summed E-state index contributed by atoms with van der Waals surface area (Å²) in [6.45, 7) is 1.10. The van der Waals surface area contributed by atoms with Crippen LogP contribution in [-0.2, 0) is 0 Å². The molecule has 1 unspecified atom stereocenters. The van der Waals surface area contributed by atoms with Gasteiger partial charge in [0.15, 0.2) is 11.5 Å². The second-order valence-corrected chi connectivity index (χ2v) is 6.83. The van der Waals surface area contributed by atoms with E-state index in [4.69, 9.17) is 9.26 Å². The lowest BCUT2D eigenvalue weighted by molar-refractivity contribution is 0.0761. The average Bonchev–Trinajstić information content (AvgIpc) is 3.34. The Morgan fingerprint density at radius 3 is 3.00 bits per heavy atom. The van der Waals surface area contributed by atoms with E-state index in [1.807, 2.05) is 12.1 Å². The van der Waals surface area contributed by atoms with Crippen molar-refractivity contribution in [2.45, 2.75) is 12.5 Å². The van der Waals surface area contributed by atoms with E-state index in [2.05, 4.69) is 31.1 Å². The highest BCUT2D eigenvalue weighted by molar-refractivity contribution is 9.10. The maximum absolute atomic E-state index is 12.6. The third kappa shape index (κ3) is 3.60. The summed E-state index contributed by atoms with van der Waals surface area (Å²) < 4.78 is 12.0. The van der Waals surface area contributed by atoms with Gasteiger partial charge in [0.25, 0.3) is 5.91 Å². The predicted octanol–water partition coefficient (Wildman–Crippen LogP) is 3.19. The lowest BCUT2D eigenvalue weighted by Gasteiger charge is -2.15. The van der Waals surface area contributed by atoms with Crippen molar-refractivity contribution < 1.29 is 14.1 Å². The number of carbonyl (C=O) groups is 1. The van der Waals surface area contributed by atoms with E-state index >= 15 is 0 Å². The van der Waals surface area contributed by atoms with Gasteiger partial charge in [-0.2, -0.15) is 0 Å². The number of halogens is 1. The van der Waals surface area contributed by atoms with E-state index < -0.39 is 0 Å². The second-order valence-electron chi connectivity index (χ2n) is 5.91. The highest BCUT2D eigenvalue weighted by Gasteiger charge is 2.30. The zero-order valence-corrected chi connectivity index (χ0v) is 15.3. The van der Waals surface area contributed by atoms with Crippen molar-refractivity contribution in [2.24, 2.45) is 0 Å². The van der Waals surface area contributed by atoms with Crippen LogP contribution in [0.25, 0.3) is 11.3 Å². The normalized spacial score (nSPS) is 16.7. The highest BCUT2D eigenvalue weighted by atomic mass is 79.9. The largest absolute Gasteiger partial charge is 0.472 e. The van der Waals surface area contributed by atoms with Crippen LogP contribution in [0.4, 0.5) is 0 Å². The van der Waals surface area contributed by atoms with Gasteiger partial charge in [-0.3, -0.25) is 9.78 Å². The van der Waals surface area contributed by atoms with Crippen molar-refractivity contribution in [3.05, 3.63) is 59.1 Å². The summed E-state index contributed by atoms with van der Waals surface area (Å²) in [5, 5.41) is 3.90. The molecule has 0 bridgehead atoms. The Morgan fingerprint density at radius 2 is 2.23 bits per heavy atom. The molecule has 0 radical (unpaired) electrons. The Morgan fingerprint density at radius 1 is 1.31 bits per heavy atom. The molecule has 1 fully saturated rings. The van der Waals surface area contributed by atoms with Crippen molar-refractivity contribution in [1.82, 2.24) is 20.0 Å². The van der Waals surface area contributed by atoms with E-state index in [0.717, 1.165) is 16.5 Å². The van der Waals surface area contributed by atoms with E-state index in [1.165, 1.54) is 0 Å². The zero-order valence-electron chi connectivity index (χ0n) is 13.7. The summed E-state index contributed by atoms with van der Waals surface area (Å²) in [5.74, 6) is 0.902. The third-order valence-corrected chi connectivity index (χ3v) is 4.56. The van der Waals surface area contributed by atoms with Gasteiger partial charge in [-0.05, 0) is 34.1 Å². The lowest BCUT2D eigenvalue weighted by atomic mass is 10.2. The van der Waals surface area contributed by atoms with Crippen molar-refractivity contribution in [3.8, 4) is 17.2 Å². The standard InChI is InChI=1S/C18H15BrN4O3/c19-13-3-4-17(21-10-13)25-14-5-7-23(11-14)18(24)15-8-16(26-22-15)12-2-1-6-20-9-12/h1-4,6,8-10,14H,5,7,11H2. The number of rotatable bonds is 4. The molecule has 1 aliphatic heterocycles. The topological polar surface area (TPSA) is 81.4 Å². The quantitative estimate of drug-likeness (QED) is 0.651. The fraction of sp³-hybridized carbons (Fsp3) is 0.222. The van der Waals surface area contributed by atoms with Crippen molar-refractivity contribution in [1.29, 1.82) is 0 Å². The van der Waals surface area contributed by atoms with Crippen LogP contribution in [0.1, 0.15) is 16.9 Å². The number of likely N-dealkylation sites (tertiary alicyclic amines) is 1. The molecule has 1 atom stereocenters. The molecule has 132 valence electrons. The van der Waals surface area contributed by atoms with E-state index in [-0.39, 0.29) is 17.7 Å². The number of nitrogens with zero attached hydrogens (tertiary/aromatic N) is 4. The van der Waals surface area contributed by atoms with Crippen molar-refractivity contribution in [2.75, 3.05) is 13.1 Å². The van der Waals surface area contributed by atoms with Gasteiger partial charge in [-0.25, -0.2) is 4.98 Å². The van der Waals surface area contributed by atoms with E-state index in [1.54, 1.807) is 41.7 Å². The van der Waals surface area contributed by atoms with Gasteiger partial charge in [0.05, 0.1) is 6.54 Å². The molecule has 4 rings (SSSR count). The smallest absolute Gasteiger partial charge is 0.276 e. The zero-order chi connectivity index (χ0) is 17.9. The SMILES string of the molecule is O=C(c1cc(-c2cccnc2)on1)N1CCC(Oc2ccc(Br)cn2)C1. The molecular formula is C18H15BrN4O3. The number of aromatic nitrogens is 3. The number of amides is 1. The Balaban J connectivity index is 1.40. The van der Waals surface area contributed by atoms with E-state index in [9.17, 15) is 4.79 Å². The first-order chi connectivity index (χ1) is 12.7. The molecule has 3 aromatic heterocycles. The van der Waals surface area contributed by atoms with Gasteiger partial charge in [-0.15, -0.1) is 0 Å². The van der Waals surface area contributed by atoms with Gasteiger partial charge < -0.3 is 14.2 Å². The molecule has 1 saturated heterocycles. The maximum Gasteiger partial charge on any atom is 0.276 e. The number of pyridine rings is 2. The molecule has 0 saturated carbocycles. The van der Waals surface area contributed by atoms with E-state index in [0.29, 0.717) is 24.7 Å². The minimum atomic E-state index is -0.168. The lowest BCUT2D eigenvalue weighted by Crippen LogP contribution is -2.31. The highest BCUT2D eigenvalue weighted by Crippen LogP contribution is 2.22. The Bertz CT molecular complexity index is 898. The fourth-order valence-corrected chi connectivity index (χ4v) is 3.03. The molecule has 7 nitrogen and oxygen atoms in total. The summed E-state index contributed by atoms with van der Waals surface area (Å²) in [6.07, 6.45) is 5.69. The van der Waals surface area contributed by atoms with Crippen LogP contribution in [-0.4, -0.2) is 45.1 Å². The van der Waals surface area contributed by atoms with Crippen LogP contribution >= 0.6 is 15.9 Å². The Hall–Kier alpha value is -2.74. The third-order valence-electron chi connectivity index (χ3n) is 4.10. The van der Waals surface area contributed by atoms with Crippen LogP contribution in [0.2, 0.25) is 0 Å². The van der Waals surface area contributed by atoms with Gasteiger partial charge in [0, 0.05) is 53.7 Å². The monoisotopic (exact) mass is 414 g/mol. The molecule has 1 amide bonds. The van der Waals surface area contributed by atoms with Crippen molar-refractivity contribution in [3.63, 3.8) is 0 Å². The molecule has 8 heteroatoms. The molecular weight excluding hydrogens is 400 g/mol. The Labute approximate surface area is 158 Å². The van der Waals surface area contributed by atoms with Crippen LogP contribution in [0.15, 0.2) is 57.9 Å². The van der Waals surface area contributed by atoms with Gasteiger partial charge >= 0.3 is 0 Å². The van der Waals surface area contributed by atoms with Crippen LogP contribution in [0.3, 0.4) is 0 Å². The summed E-state index contributed by atoms with van der Waals surface area (Å²) in [7, 11) is 0. The minimum absolute atomic E-state index is 0.0858. The van der Waals surface area contributed by atoms with Crippen molar-refractivity contribution >= 4 is 21.8 Å². The minimum Gasteiger partial charge on any atom is -0.472 e. The molecule has 1 aliphatic rings. The molecule has 0 aromatic carbocycles. The van der Waals surface area contributed by atoms with Gasteiger partial charge in [-0.1, -0.05) is 5.16 Å². The molecule has 0 aliphatic carbocycles. The number of hydrogen-bond acceptors (Lipinski definition) is 6. The maximum atomic E-state index is 12.6. The first-order valence-electron chi connectivity index (χ1n) is 8.13. The first kappa shape index (κ1) is 16.7. The summed E-state index contributed by atoms with van der Waals surface area (Å²) in [4.78, 5) is 22.6. The van der Waals surface area contributed by atoms with Crippen LogP contribution in [0.5, 0.6) is 5.88 Å². The summed E-state index contributed by atoms with van der Waals surface area (Å²) >= 11 is 3.34. The average molecular weight is 415 g/mol. The molecule has 0 spiro atoms. The van der Waals surface area contributed by atoms with Crippen LogP contribution in [0, 0.1) is 0 Å². The van der Waals surface area contributed by atoms with Crippen LogP contribution < -0.4 is 4.74 Å². The summed E-state index contributed by atoms with van der Waals surface area (Å²) in [5.41, 5.74) is 1.06. The number of carbonyl (C=O) groups excluding carboxylic acids is 1. The molecule has 4 heterocycles. The molecule has 3 aromatic rings.